The molecule has 0 bridgehead atoms. The van der Waals surface area contributed by atoms with E-state index < -0.39 is 28.2 Å². The second-order valence-electron chi connectivity index (χ2n) is 2.75. The van der Waals surface area contributed by atoms with Crippen LogP contribution in [0.25, 0.3) is 0 Å². The summed E-state index contributed by atoms with van der Waals surface area (Å²) in [7, 11) is 0. The minimum atomic E-state index is -5.09. The second-order valence-corrected chi connectivity index (χ2v) is 3.31. The first kappa shape index (κ1) is 13.5. The molecule has 0 aliphatic rings. The van der Waals surface area contributed by atoms with E-state index in [1.165, 1.54) is 0 Å². The fourth-order valence-corrected chi connectivity index (χ4v) is 1.46. The number of H-pyrrole nitrogens is 1. The summed E-state index contributed by atoms with van der Waals surface area (Å²) >= 11 is 2.86. The molecule has 94 valence electrons. The van der Waals surface area contributed by atoms with Gasteiger partial charge >= 0.3 is 17.5 Å². The van der Waals surface area contributed by atoms with Crippen molar-refractivity contribution in [2.24, 2.45) is 0 Å². The number of aromatic nitrogens is 1. The number of ether oxygens (including phenoxy) is 1. The number of nitro groups is 1. The van der Waals surface area contributed by atoms with E-state index in [9.17, 15) is 28.1 Å². The molecule has 0 aliphatic carbocycles. The van der Waals surface area contributed by atoms with Crippen LogP contribution in [0.4, 0.5) is 18.9 Å². The van der Waals surface area contributed by atoms with E-state index in [4.69, 9.17) is 0 Å². The minimum Gasteiger partial charge on any atom is -0.400 e. The van der Waals surface area contributed by atoms with Gasteiger partial charge in [0.05, 0.1) is 10.3 Å². The van der Waals surface area contributed by atoms with Crippen LogP contribution in [0.1, 0.15) is 5.69 Å². The largest absolute Gasteiger partial charge is 0.573 e. The summed E-state index contributed by atoms with van der Waals surface area (Å²) in [4.78, 5) is 23.0. The Morgan fingerprint density at radius 1 is 1.53 bits per heavy atom. The van der Waals surface area contributed by atoms with Gasteiger partial charge in [0.1, 0.15) is 5.69 Å². The van der Waals surface area contributed by atoms with Crippen LogP contribution in [0.15, 0.2) is 11.0 Å². The summed E-state index contributed by atoms with van der Waals surface area (Å²) in [6, 6.07) is 0. The summed E-state index contributed by atoms with van der Waals surface area (Å²) in [5.41, 5.74) is -2.56. The lowest BCUT2D eigenvalue weighted by atomic mass is 10.3. The van der Waals surface area contributed by atoms with Crippen molar-refractivity contribution in [3.05, 3.63) is 32.2 Å². The van der Waals surface area contributed by atoms with E-state index in [1.54, 1.807) is 0 Å². The Labute approximate surface area is 99.7 Å². The lowest BCUT2D eigenvalue weighted by Crippen LogP contribution is -2.23. The average Bonchev–Trinajstić information content (AvgIpc) is 2.18. The van der Waals surface area contributed by atoms with Gasteiger partial charge in [-0.3, -0.25) is 14.9 Å². The molecule has 1 aromatic heterocycles. The number of aromatic amines is 1. The predicted octanol–water partition coefficient (Wildman–Crippen LogP) is 2.08. The van der Waals surface area contributed by atoms with Crippen molar-refractivity contribution in [2.75, 3.05) is 0 Å². The molecule has 17 heavy (non-hydrogen) atoms. The first-order chi connectivity index (χ1) is 7.76. The molecule has 0 saturated carbocycles. The molecule has 0 spiro atoms. The van der Waals surface area contributed by atoms with Crippen molar-refractivity contribution in [3.8, 4) is 5.75 Å². The Morgan fingerprint density at radius 2 is 2.12 bits per heavy atom. The van der Waals surface area contributed by atoms with Crippen LogP contribution in [-0.2, 0) is 5.33 Å². The number of alkyl halides is 4. The number of nitrogens with zero attached hydrogens (tertiary/aromatic N) is 1. The van der Waals surface area contributed by atoms with E-state index >= 15 is 0 Å². The molecule has 10 heteroatoms. The van der Waals surface area contributed by atoms with Gasteiger partial charge in [0, 0.05) is 6.20 Å². The molecule has 0 aromatic carbocycles. The summed E-state index contributed by atoms with van der Waals surface area (Å²) in [6.07, 6.45) is -4.46. The maximum absolute atomic E-state index is 11.9. The van der Waals surface area contributed by atoms with Crippen LogP contribution in [0.3, 0.4) is 0 Å². The van der Waals surface area contributed by atoms with Crippen molar-refractivity contribution in [1.82, 2.24) is 4.98 Å². The van der Waals surface area contributed by atoms with E-state index in [-0.39, 0.29) is 11.0 Å². The molecule has 1 heterocycles. The summed E-state index contributed by atoms with van der Waals surface area (Å²) in [6.45, 7) is 0. The fourth-order valence-electron chi connectivity index (χ4n) is 1.04. The maximum Gasteiger partial charge on any atom is 0.573 e. The molecule has 0 unspecified atom stereocenters. The van der Waals surface area contributed by atoms with Crippen LogP contribution in [0, 0.1) is 10.1 Å². The van der Waals surface area contributed by atoms with Crippen LogP contribution in [0.2, 0.25) is 0 Å². The smallest absolute Gasteiger partial charge is 0.400 e. The average molecular weight is 317 g/mol. The van der Waals surface area contributed by atoms with Gasteiger partial charge in [-0.25, -0.2) is 0 Å². The molecule has 1 aromatic rings. The highest BCUT2D eigenvalue weighted by atomic mass is 79.9. The van der Waals surface area contributed by atoms with Gasteiger partial charge in [-0.15, -0.1) is 13.2 Å². The number of hydrogen-bond acceptors (Lipinski definition) is 4. The summed E-state index contributed by atoms with van der Waals surface area (Å²) < 4.78 is 39.0. The van der Waals surface area contributed by atoms with Crippen molar-refractivity contribution in [3.63, 3.8) is 0 Å². The number of rotatable bonds is 3. The second kappa shape index (κ2) is 4.73. The molecular weight excluding hydrogens is 313 g/mol. The fraction of sp³-hybridized carbons (Fsp3) is 0.286. The Bertz CT molecular complexity index is 499. The Kier molecular flexibility index (Phi) is 3.76. The molecule has 0 saturated heterocycles. The zero-order valence-electron chi connectivity index (χ0n) is 7.88. The maximum atomic E-state index is 11.9. The van der Waals surface area contributed by atoms with Crippen molar-refractivity contribution in [1.29, 1.82) is 0 Å². The SMILES string of the molecule is O=c1c(OC(F)(F)F)c[nH]c(CBr)c1[N+](=O)[O-]. The Hall–Kier alpha value is -1.58. The van der Waals surface area contributed by atoms with Crippen LogP contribution in [0.5, 0.6) is 5.75 Å². The van der Waals surface area contributed by atoms with Crippen molar-refractivity contribution < 1.29 is 22.8 Å². The van der Waals surface area contributed by atoms with Gasteiger partial charge in [0.2, 0.25) is 0 Å². The standard InChI is InChI=1S/C7H4BrF3N2O4/c8-1-3-5(13(15)16)6(14)4(2-12-3)17-7(9,10)11/h2H,1H2,(H,12,14). The highest BCUT2D eigenvalue weighted by molar-refractivity contribution is 9.08. The molecule has 0 radical (unpaired) electrons. The van der Waals surface area contributed by atoms with E-state index in [0.717, 1.165) is 0 Å². The third-order valence-electron chi connectivity index (χ3n) is 1.64. The third kappa shape index (κ3) is 3.19. The molecule has 1 rings (SSSR count). The molecule has 0 fully saturated rings. The molecule has 1 N–H and O–H groups in total. The van der Waals surface area contributed by atoms with E-state index in [0.29, 0.717) is 6.20 Å². The summed E-state index contributed by atoms with van der Waals surface area (Å²) in [5, 5.41) is 10.5. The van der Waals surface area contributed by atoms with Gasteiger partial charge in [-0.1, -0.05) is 15.9 Å². The first-order valence-corrected chi connectivity index (χ1v) is 5.09. The number of hydrogen-bond donors (Lipinski definition) is 1. The number of pyridine rings is 1. The Balaban J connectivity index is 3.34. The van der Waals surface area contributed by atoms with Crippen molar-refractivity contribution >= 4 is 21.6 Å². The zero-order valence-corrected chi connectivity index (χ0v) is 9.46. The Morgan fingerprint density at radius 3 is 2.53 bits per heavy atom. The highest BCUT2D eigenvalue weighted by Gasteiger charge is 2.34. The first-order valence-electron chi connectivity index (χ1n) is 3.97. The van der Waals surface area contributed by atoms with E-state index in [2.05, 4.69) is 25.7 Å². The summed E-state index contributed by atoms with van der Waals surface area (Å²) in [5.74, 6) is -1.17. The van der Waals surface area contributed by atoms with E-state index in [1.807, 2.05) is 0 Å². The van der Waals surface area contributed by atoms with Gasteiger partial charge in [-0.05, 0) is 0 Å². The number of halogens is 4. The normalized spacial score (nSPS) is 11.3. The quantitative estimate of drug-likeness (QED) is 0.525. The topological polar surface area (TPSA) is 85.2 Å². The minimum absolute atomic E-state index is 0.0785. The molecular formula is C7H4BrF3N2O4. The molecule has 0 amide bonds. The van der Waals surface area contributed by atoms with Gasteiger partial charge in [0.25, 0.3) is 0 Å². The van der Waals surface area contributed by atoms with Crippen LogP contribution < -0.4 is 10.2 Å². The van der Waals surface area contributed by atoms with Gasteiger partial charge < -0.3 is 9.72 Å². The number of nitrogens with one attached hydrogen (secondary N) is 1. The lowest BCUT2D eigenvalue weighted by Gasteiger charge is -2.08. The van der Waals surface area contributed by atoms with Gasteiger partial charge in [0.15, 0.2) is 5.75 Å². The third-order valence-corrected chi connectivity index (χ3v) is 2.20. The van der Waals surface area contributed by atoms with Crippen molar-refractivity contribution in [2.45, 2.75) is 11.7 Å². The lowest BCUT2D eigenvalue weighted by molar-refractivity contribution is -0.387. The monoisotopic (exact) mass is 316 g/mol. The molecule has 0 atom stereocenters. The van der Waals surface area contributed by atoms with Crippen LogP contribution in [-0.4, -0.2) is 16.3 Å². The molecule has 6 nitrogen and oxygen atoms in total. The molecule has 0 aliphatic heterocycles. The van der Waals surface area contributed by atoms with Crippen LogP contribution >= 0.6 is 15.9 Å². The van der Waals surface area contributed by atoms with Gasteiger partial charge in [-0.2, -0.15) is 0 Å². The predicted molar refractivity (Wildman–Crippen MR) is 53.0 cm³/mol. The highest BCUT2D eigenvalue weighted by Crippen LogP contribution is 2.23. The zero-order chi connectivity index (χ0) is 13.2.